The molecule has 4 aliphatic rings. The molecule has 4 atom stereocenters. The third kappa shape index (κ3) is 8.59. The van der Waals surface area contributed by atoms with Gasteiger partial charge in [-0.2, -0.15) is 0 Å². The smallest absolute Gasteiger partial charge is 0.255 e. The van der Waals surface area contributed by atoms with E-state index < -0.39 is 29.8 Å². The fourth-order valence-corrected chi connectivity index (χ4v) is 8.90. The number of aliphatic hydroxyl groups excluding tert-OH is 1. The molecule has 0 saturated carbocycles. The minimum absolute atomic E-state index is 0.0161. The van der Waals surface area contributed by atoms with Crippen molar-refractivity contribution in [3.63, 3.8) is 0 Å². The maximum Gasteiger partial charge on any atom is 0.255 e. The normalized spacial score (nSPS) is 22.1. The fraction of sp³-hybridized carbons (Fsp3) is 0.362. The number of hydrogen-bond donors (Lipinski definition) is 4. The molecule has 8 rings (SSSR count). The number of piperidine rings is 1. The molecule has 4 aliphatic heterocycles. The zero-order chi connectivity index (χ0) is 41.6. The molecule has 5 amide bonds. The van der Waals surface area contributed by atoms with Gasteiger partial charge in [0.15, 0.2) is 6.10 Å². The Labute approximate surface area is 349 Å². The molecule has 4 aromatic rings. The van der Waals surface area contributed by atoms with Crippen LogP contribution in [0.3, 0.4) is 0 Å². The number of nitrogens with zero attached hydrogens (tertiary/aromatic N) is 3. The van der Waals surface area contributed by atoms with Crippen molar-refractivity contribution in [1.82, 2.24) is 20.4 Å². The summed E-state index contributed by atoms with van der Waals surface area (Å²) in [5.41, 5.74) is 4.31. The lowest BCUT2D eigenvalue weighted by Crippen LogP contribution is -2.55. The average Bonchev–Trinajstić information content (AvgIpc) is 3.78. The van der Waals surface area contributed by atoms with Crippen molar-refractivity contribution >= 4 is 41.1 Å². The standard InChI is InChI=1S/C47H50N6O7/c54-39(49-37-22-14-21-35-36(37)29-53(45(35)58)38-24-25-40(55)50-43(38)57)23-10-2-1-3-13-26-48-41(56)30-52-28-33-19-11-12-20-34(33)42-47(46(52)59,27-31-15-6-4-7-16-31)51-44(60-42)32-17-8-5-9-18-32/h4-9,11-12,14-22,38,42,46,59H,1-3,10,13,23-30H2,(H,48,56)(H,49,54)(H,50,55,57)/t38?,42-,46?,47-/m0/s1. The Kier molecular flexibility index (Phi) is 12.2. The van der Waals surface area contributed by atoms with Gasteiger partial charge < -0.3 is 25.4 Å². The van der Waals surface area contributed by atoms with Crippen LogP contribution in [0.15, 0.2) is 108 Å². The molecule has 13 heteroatoms. The molecule has 4 heterocycles. The SMILES string of the molecule is O=C(CN1Cc2ccccc2[C@@H]2OC(c3ccccc3)=N[C@]2(Cc2ccccc2)C1O)NCCCCCCCC(=O)Nc1cccc2c1CN(C1CCC(=O)NC1=O)C2=O. The van der Waals surface area contributed by atoms with Gasteiger partial charge in [0.1, 0.15) is 17.8 Å². The summed E-state index contributed by atoms with van der Waals surface area (Å²) in [5, 5.41) is 20.7. The van der Waals surface area contributed by atoms with Crippen LogP contribution in [-0.2, 0) is 43.4 Å². The van der Waals surface area contributed by atoms with Crippen LogP contribution in [0, 0.1) is 0 Å². The van der Waals surface area contributed by atoms with Gasteiger partial charge in [-0.3, -0.25) is 34.2 Å². The van der Waals surface area contributed by atoms with Crippen LogP contribution in [0.2, 0.25) is 0 Å². The summed E-state index contributed by atoms with van der Waals surface area (Å²) in [4.78, 5) is 72.0. The molecule has 0 spiro atoms. The summed E-state index contributed by atoms with van der Waals surface area (Å²) in [6, 6.07) is 32.1. The van der Waals surface area contributed by atoms with Crippen molar-refractivity contribution in [2.75, 3.05) is 18.4 Å². The highest BCUT2D eigenvalue weighted by Crippen LogP contribution is 2.48. The van der Waals surface area contributed by atoms with Gasteiger partial charge in [0.2, 0.25) is 29.5 Å². The highest BCUT2D eigenvalue weighted by molar-refractivity contribution is 6.06. The van der Waals surface area contributed by atoms with E-state index >= 15 is 0 Å². The van der Waals surface area contributed by atoms with E-state index in [2.05, 4.69) is 16.0 Å². The van der Waals surface area contributed by atoms with Crippen molar-refractivity contribution in [3.8, 4) is 0 Å². The maximum atomic E-state index is 13.5. The molecule has 0 aliphatic carbocycles. The minimum Gasteiger partial charge on any atom is -0.466 e. The number of unbranched alkanes of at least 4 members (excludes halogenated alkanes) is 4. The van der Waals surface area contributed by atoms with Crippen molar-refractivity contribution < 1.29 is 33.8 Å². The second-order valence-corrected chi connectivity index (χ2v) is 16.1. The number of ether oxygens (including phenoxy) is 1. The monoisotopic (exact) mass is 810 g/mol. The van der Waals surface area contributed by atoms with E-state index in [1.165, 1.54) is 4.90 Å². The van der Waals surface area contributed by atoms with Crippen LogP contribution in [0.4, 0.5) is 5.69 Å². The second kappa shape index (κ2) is 18.0. The first-order chi connectivity index (χ1) is 29.2. The van der Waals surface area contributed by atoms with E-state index in [0.717, 1.165) is 47.9 Å². The summed E-state index contributed by atoms with van der Waals surface area (Å²) < 4.78 is 6.67. The zero-order valence-corrected chi connectivity index (χ0v) is 33.5. The van der Waals surface area contributed by atoms with Crippen LogP contribution >= 0.6 is 0 Å². The molecular formula is C47H50N6O7. The first-order valence-electron chi connectivity index (χ1n) is 20.9. The number of benzene rings is 4. The number of amides is 5. The molecule has 13 nitrogen and oxygen atoms in total. The van der Waals surface area contributed by atoms with Crippen LogP contribution in [0.25, 0.3) is 0 Å². The lowest BCUT2D eigenvalue weighted by atomic mass is 9.81. The van der Waals surface area contributed by atoms with E-state index in [9.17, 15) is 29.1 Å². The first-order valence-corrected chi connectivity index (χ1v) is 20.9. The van der Waals surface area contributed by atoms with Gasteiger partial charge in [-0.1, -0.05) is 98.1 Å². The number of hydrogen-bond acceptors (Lipinski definition) is 9. The number of anilines is 1. The minimum atomic E-state index is -1.13. The largest absolute Gasteiger partial charge is 0.466 e. The third-order valence-corrected chi connectivity index (χ3v) is 12.0. The Balaban J connectivity index is 0.814. The Hall–Kier alpha value is -6.18. The number of rotatable bonds is 15. The summed E-state index contributed by atoms with van der Waals surface area (Å²) in [5.74, 6) is -0.962. The number of imide groups is 1. The number of fused-ring (bicyclic) bond motifs is 4. The third-order valence-electron chi connectivity index (χ3n) is 12.0. The quantitative estimate of drug-likeness (QED) is 0.0942. The Morgan fingerprint density at radius 1 is 0.833 bits per heavy atom. The summed E-state index contributed by atoms with van der Waals surface area (Å²) >= 11 is 0. The van der Waals surface area contributed by atoms with Crippen LogP contribution in [0.1, 0.15) is 95.6 Å². The van der Waals surface area contributed by atoms with Gasteiger partial charge in [-0.25, -0.2) is 4.99 Å². The highest BCUT2D eigenvalue weighted by atomic mass is 16.5. The summed E-state index contributed by atoms with van der Waals surface area (Å²) in [6.07, 6.45) is 3.55. The van der Waals surface area contributed by atoms with Gasteiger partial charge in [0, 0.05) is 61.3 Å². The number of carbonyl (C=O) groups excluding carboxylic acids is 5. The topological polar surface area (TPSA) is 170 Å². The van der Waals surface area contributed by atoms with E-state index in [0.29, 0.717) is 55.1 Å². The van der Waals surface area contributed by atoms with Crippen molar-refractivity contribution in [3.05, 3.63) is 137 Å². The number of aliphatic imine (C=N–C) groups is 1. The first kappa shape index (κ1) is 40.6. The molecule has 310 valence electrons. The van der Waals surface area contributed by atoms with Gasteiger partial charge in [-0.05, 0) is 60.2 Å². The van der Waals surface area contributed by atoms with Gasteiger partial charge >= 0.3 is 0 Å². The van der Waals surface area contributed by atoms with Crippen LogP contribution in [0.5, 0.6) is 0 Å². The number of carbonyl (C=O) groups is 5. The predicted molar refractivity (Wildman–Crippen MR) is 224 cm³/mol. The van der Waals surface area contributed by atoms with Gasteiger partial charge in [0.05, 0.1) is 6.54 Å². The lowest BCUT2D eigenvalue weighted by molar-refractivity contribution is -0.137. The molecule has 4 aromatic carbocycles. The average molecular weight is 811 g/mol. The molecule has 2 unspecified atom stereocenters. The molecule has 60 heavy (non-hydrogen) atoms. The van der Waals surface area contributed by atoms with E-state index in [-0.39, 0.29) is 49.6 Å². The molecule has 0 bridgehead atoms. The molecule has 0 radical (unpaired) electrons. The van der Waals surface area contributed by atoms with Crippen LogP contribution in [-0.4, -0.2) is 81.2 Å². The second-order valence-electron chi connectivity index (χ2n) is 16.1. The van der Waals surface area contributed by atoms with E-state index in [4.69, 9.17) is 9.73 Å². The van der Waals surface area contributed by atoms with Crippen LogP contribution < -0.4 is 16.0 Å². The Morgan fingerprint density at radius 3 is 2.37 bits per heavy atom. The zero-order valence-electron chi connectivity index (χ0n) is 33.5. The maximum absolute atomic E-state index is 13.5. The predicted octanol–water partition coefficient (Wildman–Crippen LogP) is 5.18. The molecule has 4 N–H and O–H groups in total. The number of aliphatic hydroxyl groups is 1. The Morgan fingerprint density at radius 2 is 1.57 bits per heavy atom. The Bertz CT molecular complexity index is 2280. The lowest BCUT2D eigenvalue weighted by Gasteiger charge is -2.38. The van der Waals surface area contributed by atoms with Crippen molar-refractivity contribution in [2.24, 2.45) is 4.99 Å². The molecule has 1 saturated heterocycles. The fourth-order valence-electron chi connectivity index (χ4n) is 8.90. The van der Waals surface area contributed by atoms with E-state index in [1.54, 1.807) is 23.1 Å². The molecule has 0 aromatic heterocycles. The van der Waals surface area contributed by atoms with Gasteiger partial charge in [0.25, 0.3) is 5.91 Å². The van der Waals surface area contributed by atoms with Crippen molar-refractivity contribution in [2.45, 2.75) is 94.8 Å². The molecular weight excluding hydrogens is 761 g/mol. The van der Waals surface area contributed by atoms with Gasteiger partial charge in [-0.15, -0.1) is 0 Å². The molecule has 1 fully saturated rings. The highest BCUT2D eigenvalue weighted by Gasteiger charge is 2.56. The summed E-state index contributed by atoms with van der Waals surface area (Å²) in [7, 11) is 0. The van der Waals surface area contributed by atoms with Crippen molar-refractivity contribution in [1.29, 1.82) is 0 Å². The van der Waals surface area contributed by atoms with E-state index in [1.807, 2.05) is 84.9 Å². The summed E-state index contributed by atoms with van der Waals surface area (Å²) in [6.45, 7) is 1.02. The number of nitrogens with one attached hydrogen (secondary N) is 3.